The fourth-order valence-corrected chi connectivity index (χ4v) is 2.02. The third kappa shape index (κ3) is 2.64. The molecule has 1 aromatic rings. The largest absolute Gasteiger partial charge is 0.384 e. The SMILES string of the molecule is CCSc1ccc(C(=N)N)c(Cl)c1. The fourth-order valence-electron chi connectivity index (χ4n) is 0.971. The van der Waals surface area contributed by atoms with Gasteiger partial charge in [0.05, 0.1) is 5.02 Å². The van der Waals surface area contributed by atoms with Gasteiger partial charge in [-0.2, -0.15) is 0 Å². The van der Waals surface area contributed by atoms with Crippen molar-refractivity contribution in [2.45, 2.75) is 11.8 Å². The van der Waals surface area contributed by atoms with Crippen LogP contribution in [0.15, 0.2) is 23.1 Å². The Balaban J connectivity index is 2.98. The van der Waals surface area contributed by atoms with Gasteiger partial charge >= 0.3 is 0 Å². The summed E-state index contributed by atoms with van der Waals surface area (Å²) in [5.74, 6) is 1.02. The van der Waals surface area contributed by atoms with Crippen LogP contribution in [-0.4, -0.2) is 11.6 Å². The molecule has 0 saturated heterocycles. The second-order valence-corrected chi connectivity index (χ2v) is 4.23. The van der Waals surface area contributed by atoms with E-state index in [0.717, 1.165) is 10.6 Å². The Morgan fingerprint density at radius 3 is 2.77 bits per heavy atom. The molecule has 0 unspecified atom stereocenters. The maximum Gasteiger partial charge on any atom is 0.124 e. The van der Waals surface area contributed by atoms with Crippen LogP contribution in [0.3, 0.4) is 0 Å². The van der Waals surface area contributed by atoms with Crippen LogP contribution in [0.2, 0.25) is 5.02 Å². The minimum absolute atomic E-state index is 0.0121. The normalized spacial score (nSPS) is 10.0. The number of benzene rings is 1. The lowest BCUT2D eigenvalue weighted by Gasteiger charge is -2.04. The lowest BCUT2D eigenvalue weighted by atomic mass is 10.2. The molecule has 1 aromatic carbocycles. The molecule has 0 atom stereocenters. The molecule has 0 spiro atoms. The molecule has 70 valence electrons. The molecule has 0 aromatic heterocycles. The first-order valence-electron chi connectivity index (χ1n) is 3.92. The van der Waals surface area contributed by atoms with Crippen molar-refractivity contribution in [3.05, 3.63) is 28.8 Å². The molecule has 4 heteroatoms. The monoisotopic (exact) mass is 214 g/mol. The summed E-state index contributed by atoms with van der Waals surface area (Å²) in [6.07, 6.45) is 0. The van der Waals surface area contributed by atoms with Gasteiger partial charge in [-0.15, -0.1) is 11.8 Å². The van der Waals surface area contributed by atoms with Gasteiger partial charge in [0.25, 0.3) is 0 Å². The standard InChI is InChI=1S/C9H11ClN2S/c1-2-13-6-3-4-7(9(11)12)8(10)5-6/h3-5H,2H2,1H3,(H3,11,12). The Morgan fingerprint density at radius 2 is 2.31 bits per heavy atom. The van der Waals surface area contributed by atoms with Crippen molar-refractivity contribution < 1.29 is 0 Å². The van der Waals surface area contributed by atoms with Crippen LogP contribution in [0, 0.1) is 5.41 Å². The third-order valence-corrected chi connectivity index (χ3v) is 2.73. The van der Waals surface area contributed by atoms with E-state index < -0.39 is 0 Å². The zero-order valence-corrected chi connectivity index (χ0v) is 8.88. The molecule has 0 saturated carbocycles. The Kier molecular flexibility index (Phi) is 3.63. The highest BCUT2D eigenvalue weighted by Gasteiger charge is 2.03. The molecule has 0 aliphatic carbocycles. The van der Waals surface area contributed by atoms with Gasteiger partial charge in [-0.05, 0) is 24.0 Å². The highest BCUT2D eigenvalue weighted by Crippen LogP contribution is 2.24. The van der Waals surface area contributed by atoms with Crippen LogP contribution in [0.5, 0.6) is 0 Å². The van der Waals surface area contributed by atoms with E-state index in [0.29, 0.717) is 10.6 Å². The van der Waals surface area contributed by atoms with E-state index >= 15 is 0 Å². The average Bonchev–Trinajstić information content (AvgIpc) is 2.04. The number of nitrogens with two attached hydrogens (primary N) is 1. The Morgan fingerprint density at radius 1 is 1.62 bits per heavy atom. The molecular formula is C9H11ClN2S. The molecule has 2 nitrogen and oxygen atoms in total. The van der Waals surface area contributed by atoms with Crippen LogP contribution >= 0.6 is 23.4 Å². The molecule has 0 amide bonds. The van der Waals surface area contributed by atoms with Crippen LogP contribution in [0.4, 0.5) is 0 Å². The first-order valence-corrected chi connectivity index (χ1v) is 5.28. The summed E-state index contributed by atoms with van der Waals surface area (Å²) in [7, 11) is 0. The van der Waals surface area contributed by atoms with Crippen LogP contribution in [-0.2, 0) is 0 Å². The van der Waals surface area contributed by atoms with E-state index in [-0.39, 0.29) is 5.84 Å². The molecule has 0 fully saturated rings. The third-order valence-electron chi connectivity index (χ3n) is 1.54. The number of rotatable bonds is 3. The minimum Gasteiger partial charge on any atom is -0.384 e. The zero-order valence-electron chi connectivity index (χ0n) is 7.30. The maximum atomic E-state index is 7.24. The van der Waals surface area contributed by atoms with Gasteiger partial charge < -0.3 is 5.73 Å². The maximum absolute atomic E-state index is 7.24. The molecule has 0 bridgehead atoms. The minimum atomic E-state index is 0.0121. The second-order valence-electron chi connectivity index (χ2n) is 2.49. The van der Waals surface area contributed by atoms with E-state index in [1.165, 1.54) is 0 Å². The van der Waals surface area contributed by atoms with Crippen molar-refractivity contribution >= 4 is 29.2 Å². The Hall–Kier alpha value is -0.670. The molecule has 3 N–H and O–H groups in total. The lowest BCUT2D eigenvalue weighted by molar-refractivity contribution is 1.38. The smallest absolute Gasteiger partial charge is 0.124 e. The van der Waals surface area contributed by atoms with Gasteiger partial charge in [0.2, 0.25) is 0 Å². The predicted octanol–water partition coefficient (Wildman–Crippen LogP) is 2.74. The predicted molar refractivity (Wildman–Crippen MR) is 58.9 cm³/mol. The average molecular weight is 215 g/mol. The summed E-state index contributed by atoms with van der Waals surface area (Å²) >= 11 is 7.64. The number of hydrogen-bond acceptors (Lipinski definition) is 2. The molecule has 1 rings (SSSR count). The van der Waals surface area contributed by atoms with Crippen molar-refractivity contribution in [2.24, 2.45) is 5.73 Å². The lowest BCUT2D eigenvalue weighted by Crippen LogP contribution is -2.11. The van der Waals surface area contributed by atoms with E-state index in [1.807, 2.05) is 12.1 Å². The summed E-state index contributed by atoms with van der Waals surface area (Å²) < 4.78 is 0. The van der Waals surface area contributed by atoms with Crippen molar-refractivity contribution in [3.63, 3.8) is 0 Å². The summed E-state index contributed by atoms with van der Waals surface area (Å²) in [5.41, 5.74) is 5.93. The van der Waals surface area contributed by atoms with Crippen molar-refractivity contribution in [3.8, 4) is 0 Å². The summed E-state index contributed by atoms with van der Waals surface area (Å²) in [6, 6.07) is 5.55. The first kappa shape index (κ1) is 10.4. The van der Waals surface area contributed by atoms with E-state index in [9.17, 15) is 0 Å². The van der Waals surface area contributed by atoms with E-state index in [1.54, 1.807) is 17.8 Å². The van der Waals surface area contributed by atoms with Gasteiger partial charge in [-0.3, -0.25) is 5.41 Å². The van der Waals surface area contributed by atoms with Gasteiger partial charge in [0, 0.05) is 10.5 Å². The number of thioether (sulfide) groups is 1. The van der Waals surface area contributed by atoms with E-state index in [4.69, 9.17) is 22.7 Å². The van der Waals surface area contributed by atoms with Gasteiger partial charge in [0.15, 0.2) is 0 Å². The van der Waals surface area contributed by atoms with Gasteiger partial charge in [-0.1, -0.05) is 18.5 Å². The first-order chi connectivity index (χ1) is 6.15. The zero-order chi connectivity index (χ0) is 9.84. The molecule has 0 aliphatic rings. The van der Waals surface area contributed by atoms with Gasteiger partial charge in [0.1, 0.15) is 5.84 Å². The molecule has 13 heavy (non-hydrogen) atoms. The summed E-state index contributed by atoms with van der Waals surface area (Å²) in [5, 5.41) is 7.78. The number of hydrogen-bond donors (Lipinski definition) is 2. The summed E-state index contributed by atoms with van der Waals surface area (Å²) in [6.45, 7) is 2.08. The highest BCUT2D eigenvalue weighted by atomic mass is 35.5. The Labute approximate surface area is 87.0 Å². The number of halogens is 1. The van der Waals surface area contributed by atoms with Crippen molar-refractivity contribution in [1.29, 1.82) is 5.41 Å². The van der Waals surface area contributed by atoms with Crippen LogP contribution < -0.4 is 5.73 Å². The molecule has 0 aliphatic heterocycles. The number of amidine groups is 1. The fraction of sp³-hybridized carbons (Fsp3) is 0.222. The van der Waals surface area contributed by atoms with E-state index in [2.05, 4.69) is 6.92 Å². The quantitative estimate of drug-likeness (QED) is 0.462. The topological polar surface area (TPSA) is 49.9 Å². The highest BCUT2D eigenvalue weighted by molar-refractivity contribution is 7.99. The number of nitrogens with one attached hydrogen (secondary N) is 1. The molecular weight excluding hydrogens is 204 g/mol. The Bertz CT molecular complexity index is 325. The molecule has 0 heterocycles. The number of nitrogen functional groups attached to an aromatic ring is 1. The summed E-state index contributed by atoms with van der Waals surface area (Å²) in [4.78, 5) is 1.11. The van der Waals surface area contributed by atoms with Gasteiger partial charge in [-0.25, -0.2) is 0 Å². The second kappa shape index (κ2) is 4.53. The molecule has 0 radical (unpaired) electrons. The van der Waals surface area contributed by atoms with Crippen molar-refractivity contribution in [2.75, 3.05) is 5.75 Å². The van der Waals surface area contributed by atoms with Crippen molar-refractivity contribution in [1.82, 2.24) is 0 Å². The van der Waals surface area contributed by atoms with Crippen LogP contribution in [0.25, 0.3) is 0 Å². The van der Waals surface area contributed by atoms with Crippen LogP contribution in [0.1, 0.15) is 12.5 Å².